The molecular formula is C13H16ClNO3. The molecule has 5 heteroatoms. The fourth-order valence-corrected chi connectivity index (χ4v) is 1.41. The highest BCUT2D eigenvalue weighted by molar-refractivity contribution is 6.20. The van der Waals surface area contributed by atoms with Crippen LogP contribution in [0.2, 0.25) is 0 Å². The van der Waals surface area contributed by atoms with Crippen LogP contribution in [0, 0.1) is 12.3 Å². The predicted octanol–water partition coefficient (Wildman–Crippen LogP) is 2.90. The van der Waals surface area contributed by atoms with Crippen molar-refractivity contribution in [1.29, 1.82) is 0 Å². The second-order valence-electron chi connectivity index (χ2n) is 4.81. The highest BCUT2D eigenvalue weighted by Crippen LogP contribution is 2.22. The molecule has 0 atom stereocenters. The number of anilines is 1. The van der Waals surface area contributed by atoms with E-state index in [9.17, 15) is 9.59 Å². The van der Waals surface area contributed by atoms with E-state index in [2.05, 4.69) is 5.32 Å². The van der Waals surface area contributed by atoms with E-state index in [0.29, 0.717) is 11.3 Å². The lowest BCUT2D eigenvalue weighted by molar-refractivity contribution is -0.122. The van der Waals surface area contributed by atoms with Gasteiger partial charge in [0.15, 0.2) is 0 Å². The number of carbonyl (C=O) groups excluding carboxylic acids is 1. The van der Waals surface area contributed by atoms with Crippen molar-refractivity contribution in [2.45, 2.75) is 20.8 Å². The van der Waals surface area contributed by atoms with Crippen LogP contribution in [0.15, 0.2) is 18.2 Å². The topological polar surface area (TPSA) is 66.4 Å². The first-order chi connectivity index (χ1) is 8.27. The number of aryl methyl sites for hydroxylation is 1. The van der Waals surface area contributed by atoms with E-state index in [4.69, 9.17) is 16.7 Å². The molecule has 0 spiro atoms. The Bertz CT molecular complexity index is 483. The quantitative estimate of drug-likeness (QED) is 0.826. The lowest BCUT2D eigenvalue weighted by Crippen LogP contribution is -2.32. The molecule has 0 aromatic heterocycles. The number of nitrogens with one attached hydrogen (secondary N) is 1. The molecule has 0 heterocycles. The molecule has 1 aromatic carbocycles. The van der Waals surface area contributed by atoms with Crippen molar-refractivity contribution in [3.63, 3.8) is 0 Å². The third kappa shape index (κ3) is 3.23. The summed E-state index contributed by atoms with van der Waals surface area (Å²) in [6.07, 6.45) is 0. The predicted molar refractivity (Wildman–Crippen MR) is 71.3 cm³/mol. The van der Waals surface area contributed by atoms with Crippen LogP contribution in [-0.4, -0.2) is 22.9 Å². The first-order valence-electron chi connectivity index (χ1n) is 5.49. The first-order valence-corrected chi connectivity index (χ1v) is 6.03. The number of halogens is 1. The molecule has 0 aliphatic rings. The summed E-state index contributed by atoms with van der Waals surface area (Å²) < 4.78 is 0. The average Bonchev–Trinajstić information content (AvgIpc) is 2.31. The minimum atomic E-state index is -0.989. The van der Waals surface area contributed by atoms with Crippen LogP contribution in [0.25, 0.3) is 0 Å². The maximum Gasteiger partial charge on any atom is 0.335 e. The highest BCUT2D eigenvalue weighted by atomic mass is 35.5. The van der Waals surface area contributed by atoms with Gasteiger partial charge in [0, 0.05) is 11.6 Å². The molecule has 1 amide bonds. The van der Waals surface area contributed by atoms with Gasteiger partial charge in [-0.1, -0.05) is 0 Å². The lowest BCUT2D eigenvalue weighted by Gasteiger charge is -2.21. The zero-order valence-corrected chi connectivity index (χ0v) is 11.3. The van der Waals surface area contributed by atoms with Crippen LogP contribution >= 0.6 is 11.6 Å². The Balaban J connectivity index is 2.93. The maximum atomic E-state index is 11.9. The Morgan fingerprint density at radius 1 is 1.39 bits per heavy atom. The van der Waals surface area contributed by atoms with Gasteiger partial charge in [0.1, 0.15) is 0 Å². The molecule has 1 aromatic rings. The molecule has 0 fully saturated rings. The molecule has 0 bridgehead atoms. The number of carboxylic acids is 1. The van der Waals surface area contributed by atoms with Gasteiger partial charge in [0.2, 0.25) is 5.91 Å². The Kier molecular flexibility index (Phi) is 4.35. The van der Waals surface area contributed by atoms with E-state index in [1.54, 1.807) is 26.8 Å². The average molecular weight is 270 g/mol. The van der Waals surface area contributed by atoms with Gasteiger partial charge in [-0.05, 0) is 44.5 Å². The van der Waals surface area contributed by atoms with Crippen LogP contribution < -0.4 is 5.32 Å². The Morgan fingerprint density at radius 2 is 2.00 bits per heavy atom. The van der Waals surface area contributed by atoms with Gasteiger partial charge in [-0.25, -0.2) is 4.79 Å². The Hall–Kier alpha value is -1.55. The maximum absolute atomic E-state index is 11.9. The third-order valence-electron chi connectivity index (χ3n) is 2.67. The fraction of sp³-hybridized carbons (Fsp3) is 0.385. The summed E-state index contributed by atoms with van der Waals surface area (Å²) in [5.74, 6) is -0.966. The molecular weight excluding hydrogens is 254 g/mol. The van der Waals surface area contributed by atoms with Crippen molar-refractivity contribution in [2.24, 2.45) is 5.41 Å². The van der Waals surface area contributed by atoms with Crippen LogP contribution in [0.5, 0.6) is 0 Å². The highest BCUT2D eigenvalue weighted by Gasteiger charge is 2.26. The SMILES string of the molecule is Cc1cc(C(=O)O)ccc1NC(=O)C(C)(C)CCl. The summed E-state index contributed by atoms with van der Waals surface area (Å²) in [6.45, 7) is 5.24. The molecule has 4 nitrogen and oxygen atoms in total. The molecule has 0 aliphatic carbocycles. The van der Waals surface area contributed by atoms with Gasteiger partial charge in [-0.15, -0.1) is 11.6 Å². The first kappa shape index (κ1) is 14.5. The summed E-state index contributed by atoms with van der Waals surface area (Å²) >= 11 is 5.72. The number of hydrogen-bond donors (Lipinski definition) is 2. The molecule has 0 radical (unpaired) electrons. The van der Waals surface area contributed by atoms with Gasteiger partial charge < -0.3 is 10.4 Å². The van der Waals surface area contributed by atoms with E-state index in [1.807, 2.05) is 0 Å². The number of carboxylic acid groups (broad SMARTS) is 1. The summed E-state index contributed by atoms with van der Waals surface area (Å²) in [5, 5.41) is 11.6. The number of benzene rings is 1. The summed E-state index contributed by atoms with van der Waals surface area (Å²) in [4.78, 5) is 22.7. The van der Waals surface area contributed by atoms with Crippen molar-refractivity contribution in [3.8, 4) is 0 Å². The van der Waals surface area contributed by atoms with E-state index in [0.717, 1.165) is 0 Å². The zero-order valence-electron chi connectivity index (χ0n) is 10.6. The molecule has 18 heavy (non-hydrogen) atoms. The van der Waals surface area contributed by atoms with Crippen molar-refractivity contribution in [2.75, 3.05) is 11.2 Å². The lowest BCUT2D eigenvalue weighted by atomic mass is 9.95. The normalized spacial score (nSPS) is 11.1. The van der Waals surface area contributed by atoms with Crippen molar-refractivity contribution in [3.05, 3.63) is 29.3 Å². The second kappa shape index (κ2) is 5.40. The van der Waals surface area contributed by atoms with E-state index in [-0.39, 0.29) is 17.4 Å². The largest absolute Gasteiger partial charge is 0.478 e. The fourth-order valence-electron chi connectivity index (χ4n) is 1.29. The molecule has 0 saturated carbocycles. The van der Waals surface area contributed by atoms with E-state index >= 15 is 0 Å². The molecule has 0 unspecified atom stereocenters. The number of carbonyl (C=O) groups is 2. The minimum absolute atomic E-state index is 0.191. The minimum Gasteiger partial charge on any atom is -0.478 e. The summed E-state index contributed by atoms with van der Waals surface area (Å²) in [7, 11) is 0. The van der Waals surface area contributed by atoms with Crippen molar-refractivity contribution < 1.29 is 14.7 Å². The Morgan fingerprint density at radius 3 is 2.44 bits per heavy atom. The molecule has 98 valence electrons. The van der Waals surface area contributed by atoms with Crippen LogP contribution in [-0.2, 0) is 4.79 Å². The molecule has 1 rings (SSSR count). The third-order valence-corrected chi connectivity index (χ3v) is 3.34. The molecule has 2 N–H and O–H groups in total. The molecule has 0 saturated heterocycles. The standard InChI is InChI=1S/C13H16ClNO3/c1-8-6-9(11(16)17)4-5-10(8)15-12(18)13(2,3)7-14/h4-6H,7H2,1-3H3,(H,15,18)(H,16,17). The summed E-state index contributed by atoms with van der Waals surface area (Å²) in [5.41, 5.74) is 0.832. The van der Waals surface area contributed by atoms with Gasteiger partial charge in [0.05, 0.1) is 11.0 Å². The van der Waals surface area contributed by atoms with Crippen molar-refractivity contribution in [1.82, 2.24) is 0 Å². The zero-order chi connectivity index (χ0) is 13.9. The monoisotopic (exact) mass is 269 g/mol. The van der Waals surface area contributed by atoms with Gasteiger partial charge in [0.25, 0.3) is 0 Å². The smallest absolute Gasteiger partial charge is 0.335 e. The van der Waals surface area contributed by atoms with E-state index < -0.39 is 11.4 Å². The number of amides is 1. The van der Waals surface area contributed by atoms with Crippen LogP contribution in [0.1, 0.15) is 29.8 Å². The molecule has 0 aliphatic heterocycles. The number of hydrogen-bond acceptors (Lipinski definition) is 2. The number of alkyl halides is 1. The Labute approximate surface area is 111 Å². The summed E-state index contributed by atoms with van der Waals surface area (Å²) in [6, 6.07) is 4.56. The number of aromatic carboxylic acids is 1. The van der Waals surface area contributed by atoms with Crippen LogP contribution in [0.4, 0.5) is 5.69 Å². The van der Waals surface area contributed by atoms with E-state index in [1.165, 1.54) is 12.1 Å². The van der Waals surface area contributed by atoms with Gasteiger partial charge >= 0.3 is 5.97 Å². The second-order valence-corrected chi connectivity index (χ2v) is 5.07. The number of rotatable bonds is 4. The van der Waals surface area contributed by atoms with Gasteiger partial charge in [-0.2, -0.15) is 0 Å². The van der Waals surface area contributed by atoms with Gasteiger partial charge in [-0.3, -0.25) is 4.79 Å². The van der Waals surface area contributed by atoms with Crippen molar-refractivity contribution >= 4 is 29.2 Å². The van der Waals surface area contributed by atoms with Crippen LogP contribution in [0.3, 0.4) is 0 Å².